The fraction of sp³-hybridized carbons (Fsp3) is 0.909. The van der Waals surface area contributed by atoms with Gasteiger partial charge in [0.25, 0.3) is 0 Å². The zero-order chi connectivity index (χ0) is 10.9. The van der Waals surface area contributed by atoms with Crippen LogP contribution in [0.3, 0.4) is 0 Å². The SMILES string of the molecule is CCC(=O)N1CCN(CC2(N)CC2)CC1. The average Bonchev–Trinajstić information content (AvgIpc) is 2.96. The third-order valence-electron chi connectivity index (χ3n) is 3.46. The van der Waals surface area contributed by atoms with Gasteiger partial charge in [0.05, 0.1) is 0 Å². The smallest absolute Gasteiger partial charge is 0.222 e. The zero-order valence-electron chi connectivity index (χ0n) is 9.54. The highest BCUT2D eigenvalue weighted by molar-refractivity contribution is 5.75. The summed E-state index contributed by atoms with van der Waals surface area (Å²) in [6, 6.07) is 0. The van der Waals surface area contributed by atoms with Crippen molar-refractivity contribution in [1.82, 2.24) is 9.80 Å². The van der Waals surface area contributed by atoms with Crippen LogP contribution in [0.25, 0.3) is 0 Å². The van der Waals surface area contributed by atoms with Crippen molar-refractivity contribution in [3.05, 3.63) is 0 Å². The third kappa shape index (κ3) is 2.69. The minimum absolute atomic E-state index is 0.108. The van der Waals surface area contributed by atoms with Crippen molar-refractivity contribution in [3.63, 3.8) is 0 Å². The lowest BCUT2D eigenvalue weighted by atomic mass is 10.2. The van der Waals surface area contributed by atoms with E-state index in [1.54, 1.807) is 0 Å². The first-order chi connectivity index (χ1) is 7.13. The highest BCUT2D eigenvalue weighted by Crippen LogP contribution is 2.33. The van der Waals surface area contributed by atoms with Crippen LogP contribution in [0.4, 0.5) is 0 Å². The third-order valence-corrected chi connectivity index (χ3v) is 3.46. The van der Waals surface area contributed by atoms with E-state index >= 15 is 0 Å². The summed E-state index contributed by atoms with van der Waals surface area (Å²) in [7, 11) is 0. The quantitative estimate of drug-likeness (QED) is 0.716. The van der Waals surface area contributed by atoms with Gasteiger partial charge in [0.1, 0.15) is 0 Å². The van der Waals surface area contributed by atoms with E-state index in [2.05, 4.69) is 4.90 Å². The molecule has 0 radical (unpaired) electrons. The Balaban J connectivity index is 1.74. The predicted octanol–water partition coefficient (Wildman–Crippen LogP) is 0.0319. The highest BCUT2D eigenvalue weighted by atomic mass is 16.2. The molecule has 86 valence electrons. The van der Waals surface area contributed by atoms with E-state index in [-0.39, 0.29) is 11.4 Å². The van der Waals surface area contributed by atoms with Gasteiger partial charge in [-0.05, 0) is 12.8 Å². The maximum Gasteiger partial charge on any atom is 0.222 e. The van der Waals surface area contributed by atoms with Crippen LogP contribution in [-0.2, 0) is 4.79 Å². The van der Waals surface area contributed by atoms with Gasteiger partial charge in [-0.2, -0.15) is 0 Å². The molecular weight excluding hydrogens is 190 g/mol. The second kappa shape index (κ2) is 4.10. The van der Waals surface area contributed by atoms with E-state index in [1.165, 1.54) is 12.8 Å². The van der Waals surface area contributed by atoms with Crippen molar-refractivity contribution < 1.29 is 4.79 Å². The maximum atomic E-state index is 11.5. The number of nitrogens with zero attached hydrogens (tertiary/aromatic N) is 2. The van der Waals surface area contributed by atoms with E-state index in [1.807, 2.05) is 11.8 Å². The monoisotopic (exact) mass is 211 g/mol. The molecule has 0 unspecified atom stereocenters. The fourth-order valence-electron chi connectivity index (χ4n) is 2.14. The van der Waals surface area contributed by atoms with Crippen LogP contribution in [0.2, 0.25) is 0 Å². The van der Waals surface area contributed by atoms with E-state index in [0.29, 0.717) is 6.42 Å². The number of carbonyl (C=O) groups excluding carboxylic acids is 1. The van der Waals surface area contributed by atoms with Crippen LogP contribution in [0, 0.1) is 0 Å². The van der Waals surface area contributed by atoms with Crippen LogP contribution in [0.5, 0.6) is 0 Å². The van der Waals surface area contributed by atoms with Crippen LogP contribution in [0.15, 0.2) is 0 Å². The number of hydrogen-bond acceptors (Lipinski definition) is 3. The van der Waals surface area contributed by atoms with Gasteiger partial charge in [0.2, 0.25) is 5.91 Å². The molecule has 1 saturated carbocycles. The molecule has 2 fully saturated rings. The molecule has 15 heavy (non-hydrogen) atoms. The van der Waals surface area contributed by atoms with Crippen molar-refractivity contribution in [2.45, 2.75) is 31.7 Å². The van der Waals surface area contributed by atoms with Gasteiger partial charge in [-0.1, -0.05) is 6.92 Å². The van der Waals surface area contributed by atoms with E-state index < -0.39 is 0 Å². The van der Waals surface area contributed by atoms with Crippen molar-refractivity contribution in [2.24, 2.45) is 5.73 Å². The first-order valence-corrected chi connectivity index (χ1v) is 5.92. The molecule has 0 aromatic heterocycles. The molecule has 1 aliphatic heterocycles. The summed E-state index contributed by atoms with van der Waals surface area (Å²) in [6.07, 6.45) is 2.96. The molecule has 1 saturated heterocycles. The Bertz CT molecular complexity index is 242. The second-order valence-electron chi connectivity index (χ2n) is 4.87. The number of amides is 1. The minimum Gasteiger partial charge on any atom is -0.340 e. The Hall–Kier alpha value is -0.610. The molecule has 2 N–H and O–H groups in total. The lowest BCUT2D eigenvalue weighted by molar-refractivity contribution is -0.132. The lowest BCUT2D eigenvalue weighted by Crippen LogP contribution is -2.51. The molecule has 4 nitrogen and oxygen atoms in total. The first-order valence-electron chi connectivity index (χ1n) is 5.92. The van der Waals surface area contributed by atoms with Crippen molar-refractivity contribution in [3.8, 4) is 0 Å². The van der Waals surface area contributed by atoms with E-state index in [0.717, 1.165) is 32.7 Å². The molecule has 0 bridgehead atoms. The summed E-state index contributed by atoms with van der Waals surface area (Å²) in [6.45, 7) is 6.68. The maximum absolute atomic E-state index is 11.5. The number of hydrogen-bond donors (Lipinski definition) is 1. The van der Waals surface area contributed by atoms with Crippen LogP contribution < -0.4 is 5.73 Å². The summed E-state index contributed by atoms with van der Waals surface area (Å²) in [5, 5.41) is 0. The topological polar surface area (TPSA) is 49.6 Å². The summed E-state index contributed by atoms with van der Waals surface area (Å²) in [5.74, 6) is 0.281. The number of rotatable bonds is 3. The van der Waals surface area contributed by atoms with Crippen LogP contribution >= 0.6 is 0 Å². The average molecular weight is 211 g/mol. The molecule has 4 heteroatoms. The molecule has 1 heterocycles. The molecule has 2 aliphatic rings. The number of nitrogens with two attached hydrogens (primary N) is 1. The molecule has 0 atom stereocenters. The first kappa shape index (κ1) is 10.9. The molecule has 0 spiro atoms. The largest absolute Gasteiger partial charge is 0.340 e. The van der Waals surface area contributed by atoms with Crippen LogP contribution in [-0.4, -0.2) is 54.0 Å². The Morgan fingerprint density at radius 3 is 2.33 bits per heavy atom. The van der Waals surface area contributed by atoms with Crippen molar-refractivity contribution in [1.29, 1.82) is 0 Å². The molecule has 2 rings (SSSR count). The van der Waals surface area contributed by atoms with Gasteiger partial charge in [0, 0.05) is 44.7 Å². The summed E-state index contributed by atoms with van der Waals surface area (Å²) >= 11 is 0. The minimum atomic E-state index is 0.108. The van der Waals surface area contributed by atoms with Gasteiger partial charge in [0.15, 0.2) is 0 Å². The second-order valence-corrected chi connectivity index (χ2v) is 4.87. The van der Waals surface area contributed by atoms with Crippen molar-refractivity contribution in [2.75, 3.05) is 32.7 Å². The molecule has 0 aromatic carbocycles. The fourth-order valence-corrected chi connectivity index (χ4v) is 2.14. The highest BCUT2D eigenvalue weighted by Gasteiger charge is 2.40. The predicted molar refractivity (Wildman–Crippen MR) is 59.5 cm³/mol. The van der Waals surface area contributed by atoms with Crippen LogP contribution in [0.1, 0.15) is 26.2 Å². The standard InChI is InChI=1S/C11H21N3O/c1-2-10(15)14-7-5-13(6-8-14)9-11(12)3-4-11/h2-9,12H2,1H3. The zero-order valence-corrected chi connectivity index (χ0v) is 9.54. The van der Waals surface area contributed by atoms with Gasteiger partial charge in [-0.15, -0.1) is 0 Å². The van der Waals surface area contributed by atoms with Gasteiger partial charge < -0.3 is 10.6 Å². The summed E-state index contributed by atoms with van der Waals surface area (Å²) in [4.78, 5) is 15.8. The molecule has 1 aliphatic carbocycles. The Morgan fingerprint density at radius 2 is 1.87 bits per heavy atom. The van der Waals surface area contributed by atoms with E-state index in [4.69, 9.17) is 5.73 Å². The van der Waals surface area contributed by atoms with Gasteiger partial charge >= 0.3 is 0 Å². The number of carbonyl (C=O) groups is 1. The molecule has 0 aromatic rings. The number of piperazine rings is 1. The Labute approximate surface area is 91.4 Å². The normalized spacial score (nSPS) is 25.3. The molecule has 1 amide bonds. The molecular formula is C11H21N3O. The summed E-state index contributed by atoms with van der Waals surface area (Å²) < 4.78 is 0. The van der Waals surface area contributed by atoms with E-state index in [9.17, 15) is 4.79 Å². The van der Waals surface area contributed by atoms with Gasteiger partial charge in [-0.25, -0.2) is 0 Å². The summed E-state index contributed by atoms with van der Waals surface area (Å²) in [5.41, 5.74) is 6.18. The lowest BCUT2D eigenvalue weighted by Gasteiger charge is -2.35. The Kier molecular flexibility index (Phi) is 2.98. The Morgan fingerprint density at radius 1 is 1.27 bits per heavy atom. The van der Waals surface area contributed by atoms with Crippen molar-refractivity contribution >= 4 is 5.91 Å². The van der Waals surface area contributed by atoms with Gasteiger partial charge in [-0.3, -0.25) is 9.69 Å².